The Balaban J connectivity index is 1.56. The SMILES string of the molecule is COC(=O)c1ccnc(NC(=O)N2CC[C@@H](Cc3ccccc3)C2)c1. The first kappa shape index (κ1) is 17.0. The van der Waals surface area contributed by atoms with Crippen molar-refractivity contribution < 1.29 is 14.3 Å². The third-order valence-electron chi connectivity index (χ3n) is 4.36. The van der Waals surface area contributed by atoms with Gasteiger partial charge in [-0.05, 0) is 36.5 Å². The van der Waals surface area contributed by atoms with Crippen molar-refractivity contribution in [3.05, 3.63) is 59.8 Å². The quantitative estimate of drug-likeness (QED) is 0.869. The maximum Gasteiger partial charge on any atom is 0.338 e. The summed E-state index contributed by atoms with van der Waals surface area (Å²) >= 11 is 0. The van der Waals surface area contributed by atoms with Crippen molar-refractivity contribution >= 4 is 17.8 Å². The number of nitrogens with one attached hydrogen (secondary N) is 1. The molecule has 0 unspecified atom stereocenters. The molecule has 6 nitrogen and oxygen atoms in total. The number of hydrogen-bond acceptors (Lipinski definition) is 4. The molecule has 2 amide bonds. The van der Waals surface area contributed by atoms with E-state index < -0.39 is 5.97 Å². The highest BCUT2D eigenvalue weighted by Crippen LogP contribution is 2.21. The van der Waals surface area contributed by atoms with Crippen LogP contribution < -0.4 is 5.32 Å². The fourth-order valence-corrected chi connectivity index (χ4v) is 3.06. The molecule has 0 bridgehead atoms. The van der Waals surface area contributed by atoms with Crippen LogP contribution in [0, 0.1) is 5.92 Å². The maximum absolute atomic E-state index is 12.4. The number of aromatic nitrogens is 1. The van der Waals surface area contributed by atoms with E-state index in [1.54, 1.807) is 11.0 Å². The van der Waals surface area contributed by atoms with E-state index in [0.29, 0.717) is 17.3 Å². The first-order chi connectivity index (χ1) is 12.2. The zero-order valence-corrected chi connectivity index (χ0v) is 14.1. The Labute approximate surface area is 146 Å². The van der Waals surface area contributed by atoms with Gasteiger partial charge >= 0.3 is 12.0 Å². The summed E-state index contributed by atoms with van der Waals surface area (Å²) in [4.78, 5) is 29.9. The summed E-state index contributed by atoms with van der Waals surface area (Å²) in [7, 11) is 1.32. The zero-order valence-electron chi connectivity index (χ0n) is 14.1. The van der Waals surface area contributed by atoms with Crippen molar-refractivity contribution in [3.8, 4) is 0 Å². The van der Waals surface area contributed by atoms with Crippen molar-refractivity contribution in [3.63, 3.8) is 0 Å². The molecule has 1 N–H and O–H groups in total. The second kappa shape index (κ2) is 7.79. The summed E-state index contributed by atoms with van der Waals surface area (Å²) in [6.45, 7) is 1.44. The minimum absolute atomic E-state index is 0.190. The lowest BCUT2D eigenvalue weighted by Gasteiger charge is -2.17. The van der Waals surface area contributed by atoms with E-state index in [2.05, 4.69) is 27.2 Å². The van der Waals surface area contributed by atoms with Crippen molar-refractivity contribution in [2.45, 2.75) is 12.8 Å². The van der Waals surface area contributed by atoms with Gasteiger partial charge in [0.05, 0.1) is 12.7 Å². The highest BCUT2D eigenvalue weighted by Gasteiger charge is 2.26. The molecular formula is C19H21N3O3. The lowest BCUT2D eigenvalue weighted by molar-refractivity contribution is 0.0600. The lowest BCUT2D eigenvalue weighted by atomic mass is 9.99. The second-order valence-electron chi connectivity index (χ2n) is 6.14. The number of carbonyl (C=O) groups is 2. The summed E-state index contributed by atoms with van der Waals surface area (Å²) in [5.41, 5.74) is 1.65. The van der Waals surface area contributed by atoms with Crippen LogP contribution in [0.4, 0.5) is 10.6 Å². The predicted molar refractivity (Wildman–Crippen MR) is 94.4 cm³/mol. The third kappa shape index (κ3) is 4.35. The number of likely N-dealkylation sites (tertiary alicyclic amines) is 1. The molecule has 2 aromatic rings. The molecule has 0 aliphatic carbocycles. The Bertz CT molecular complexity index is 749. The Morgan fingerprint density at radius 1 is 1.28 bits per heavy atom. The molecular weight excluding hydrogens is 318 g/mol. The van der Waals surface area contributed by atoms with Gasteiger partial charge in [0.2, 0.25) is 0 Å². The zero-order chi connectivity index (χ0) is 17.6. The number of carbonyl (C=O) groups excluding carboxylic acids is 2. The second-order valence-corrected chi connectivity index (χ2v) is 6.14. The average molecular weight is 339 g/mol. The van der Waals surface area contributed by atoms with Crippen molar-refractivity contribution in [1.29, 1.82) is 0 Å². The van der Waals surface area contributed by atoms with Gasteiger partial charge in [0.25, 0.3) is 0 Å². The van der Waals surface area contributed by atoms with Crippen LogP contribution in [0.2, 0.25) is 0 Å². The summed E-state index contributed by atoms with van der Waals surface area (Å²) in [6, 6.07) is 13.2. The molecule has 1 saturated heterocycles. The summed E-state index contributed by atoms with van der Waals surface area (Å²) in [6.07, 6.45) is 3.43. The number of hydrogen-bond donors (Lipinski definition) is 1. The molecule has 0 spiro atoms. The summed E-state index contributed by atoms with van der Waals surface area (Å²) in [5, 5.41) is 2.76. The molecule has 1 atom stereocenters. The van der Waals surface area contributed by atoms with Crippen LogP contribution in [0.5, 0.6) is 0 Å². The van der Waals surface area contributed by atoms with E-state index in [1.165, 1.54) is 24.9 Å². The van der Waals surface area contributed by atoms with Gasteiger partial charge in [0, 0.05) is 19.3 Å². The van der Waals surface area contributed by atoms with E-state index in [9.17, 15) is 9.59 Å². The highest BCUT2D eigenvalue weighted by molar-refractivity contribution is 5.93. The average Bonchev–Trinajstić information content (AvgIpc) is 3.11. The first-order valence-corrected chi connectivity index (χ1v) is 8.30. The standard InChI is InChI=1S/C19H21N3O3/c1-25-18(23)16-7-9-20-17(12-16)21-19(24)22-10-8-15(13-22)11-14-5-3-2-4-6-14/h2-7,9,12,15H,8,10-11,13H2,1H3,(H,20,21,24)/t15-/m0/s1. The van der Waals surface area contributed by atoms with Gasteiger partial charge in [-0.1, -0.05) is 30.3 Å². The Kier molecular flexibility index (Phi) is 5.28. The number of urea groups is 1. The third-order valence-corrected chi connectivity index (χ3v) is 4.36. The number of benzene rings is 1. The van der Waals surface area contributed by atoms with Crippen LogP contribution in [0.3, 0.4) is 0 Å². The van der Waals surface area contributed by atoms with Crippen LogP contribution >= 0.6 is 0 Å². The van der Waals surface area contributed by atoms with Crippen molar-refractivity contribution in [2.24, 2.45) is 5.92 Å². The lowest BCUT2D eigenvalue weighted by Crippen LogP contribution is -2.33. The Hall–Kier alpha value is -2.89. The molecule has 25 heavy (non-hydrogen) atoms. The van der Waals surface area contributed by atoms with E-state index >= 15 is 0 Å². The number of pyridine rings is 1. The summed E-state index contributed by atoms with van der Waals surface area (Å²) < 4.78 is 4.68. The number of anilines is 1. The van der Waals surface area contributed by atoms with E-state index in [1.807, 2.05) is 18.2 Å². The molecule has 3 rings (SSSR count). The smallest absolute Gasteiger partial charge is 0.338 e. The topological polar surface area (TPSA) is 71.5 Å². The molecule has 1 fully saturated rings. The van der Waals surface area contributed by atoms with Gasteiger partial charge in [0.1, 0.15) is 5.82 Å². The first-order valence-electron chi connectivity index (χ1n) is 8.30. The maximum atomic E-state index is 12.4. The molecule has 130 valence electrons. The molecule has 2 heterocycles. The number of esters is 1. The fourth-order valence-electron chi connectivity index (χ4n) is 3.06. The number of ether oxygens (including phenoxy) is 1. The van der Waals surface area contributed by atoms with Gasteiger partial charge in [0.15, 0.2) is 0 Å². The van der Waals surface area contributed by atoms with Gasteiger partial charge in [-0.3, -0.25) is 5.32 Å². The van der Waals surface area contributed by atoms with Gasteiger partial charge in [-0.15, -0.1) is 0 Å². The predicted octanol–water partition coefficient (Wildman–Crippen LogP) is 2.96. The fraction of sp³-hybridized carbons (Fsp3) is 0.316. The largest absolute Gasteiger partial charge is 0.465 e. The molecule has 1 aromatic heterocycles. The molecule has 6 heteroatoms. The van der Waals surface area contributed by atoms with Gasteiger partial charge in [-0.2, -0.15) is 0 Å². The van der Waals surface area contributed by atoms with Crippen LogP contribution in [0.25, 0.3) is 0 Å². The number of nitrogens with zero attached hydrogens (tertiary/aromatic N) is 2. The van der Waals surface area contributed by atoms with Crippen LogP contribution in [0.15, 0.2) is 48.7 Å². The van der Waals surface area contributed by atoms with Gasteiger partial charge < -0.3 is 9.64 Å². The molecule has 1 aromatic carbocycles. The van der Waals surface area contributed by atoms with Gasteiger partial charge in [-0.25, -0.2) is 14.6 Å². The van der Waals surface area contributed by atoms with Crippen LogP contribution in [0.1, 0.15) is 22.3 Å². The highest BCUT2D eigenvalue weighted by atomic mass is 16.5. The number of rotatable bonds is 4. The minimum atomic E-state index is -0.456. The number of amides is 2. The van der Waals surface area contributed by atoms with Crippen molar-refractivity contribution in [2.75, 3.05) is 25.5 Å². The summed E-state index contributed by atoms with van der Waals surface area (Å²) in [5.74, 6) is 0.351. The van der Waals surface area contributed by atoms with Crippen LogP contribution in [-0.2, 0) is 11.2 Å². The Morgan fingerprint density at radius 3 is 2.84 bits per heavy atom. The molecule has 1 aliphatic heterocycles. The van der Waals surface area contributed by atoms with E-state index in [0.717, 1.165) is 25.9 Å². The molecule has 0 radical (unpaired) electrons. The van der Waals surface area contributed by atoms with Crippen LogP contribution in [-0.4, -0.2) is 42.1 Å². The van der Waals surface area contributed by atoms with E-state index in [-0.39, 0.29) is 6.03 Å². The molecule has 1 aliphatic rings. The Morgan fingerprint density at radius 2 is 2.08 bits per heavy atom. The molecule has 0 saturated carbocycles. The monoisotopic (exact) mass is 339 g/mol. The van der Waals surface area contributed by atoms with E-state index in [4.69, 9.17) is 0 Å². The number of methoxy groups -OCH3 is 1. The normalized spacial score (nSPS) is 16.5. The minimum Gasteiger partial charge on any atom is -0.465 e. The van der Waals surface area contributed by atoms with Crippen molar-refractivity contribution in [1.82, 2.24) is 9.88 Å².